The van der Waals surface area contributed by atoms with E-state index in [1.807, 2.05) is 30.3 Å². The number of hydrogen-bond acceptors (Lipinski definition) is 4. The number of allylic oxidation sites excluding steroid dienone is 2. The molecule has 3 aromatic rings. The van der Waals surface area contributed by atoms with Crippen LogP contribution in [0, 0.1) is 0 Å². The van der Waals surface area contributed by atoms with Crippen LogP contribution in [0.1, 0.15) is 11.1 Å². The maximum atomic E-state index is 12.4. The van der Waals surface area contributed by atoms with Crippen LogP contribution in [0.4, 0.5) is 0 Å². The van der Waals surface area contributed by atoms with Gasteiger partial charge >= 0.3 is 0 Å². The molecule has 0 bridgehead atoms. The van der Waals surface area contributed by atoms with Crippen molar-refractivity contribution in [1.82, 2.24) is 0 Å². The van der Waals surface area contributed by atoms with Gasteiger partial charge in [-0.05, 0) is 35.9 Å². The number of carbonyl (C=O) groups excluding carboxylic acids is 1. The van der Waals surface area contributed by atoms with E-state index in [-0.39, 0.29) is 11.2 Å². The molecule has 4 heteroatoms. The van der Waals surface area contributed by atoms with Crippen molar-refractivity contribution in [2.24, 2.45) is 0 Å². The highest BCUT2D eigenvalue weighted by molar-refractivity contribution is 6.04. The van der Waals surface area contributed by atoms with Crippen molar-refractivity contribution >= 4 is 28.9 Å². The molecular formula is C21H16O4. The number of carbonyl (C=O) groups is 1. The largest absolute Gasteiger partial charge is 0.497 e. The Bertz CT molecular complexity index is 1010. The normalized spacial score (nSPS) is 11.4. The lowest BCUT2D eigenvalue weighted by molar-refractivity contribution is -0.110. The Labute approximate surface area is 144 Å². The third kappa shape index (κ3) is 3.93. The van der Waals surface area contributed by atoms with Gasteiger partial charge in [-0.1, -0.05) is 36.4 Å². The topological polar surface area (TPSA) is 56.5 Å². The standard InChI is InChI=1S/C21H16O4/c1-24-18-11-12-19-20(13-18)25-14-16(21(19)23)8-10-17(22)9-7-15-5-3-2-4-6-15/h2-14H,1H3/b9-7+,10-8+. The van der Waals surface area contributed by atoms with E-state index < -0.39 is 0 Å². The Kier molecular flexibility index (Phi) is 4.90. The van der Waals surface area contributed by atoms with Crippen LogP contribution >= 0.6 is 0 Å². The third-order valence-corrected chi connectivity index (χ3v) is 3.68. The molecule has 0 saturated heterocycles. The van der Waals surface area contributed by atoms with E-state index in [2.05, 4.69) is 0 Å². The summed E-state index contributed by atoms with van der Waals surface area (Å²) in [7, 11) is 1.55. The summed E-state index contributed by atoms with van der Waals surface area (Å²) in [5.41, 5.74) is 1.50. The molecule has 0 amide bonds. The molecule has 0 spiro atoms. The first kappa shape index (κ1) is 16.5. The summed E-state index contributed by atoms with van der Waals surface area (Å²) >= 11 is 0. The predicted molar refractivity (Wildman–Crippen MR) is 98.6 cm³/mol. The molecule has 0 unspecified atom stereocenters. The second-order valence-electron chi connectivity index (χ2n) is 5.36. The minimum absolute atomic E-state index is 0.194. The van der Waals surface area contributed by atoms with E-state index in [1.165, 1.54) is 24.5 Å². The number of fused-ring (bicyclic) bond motifs is 1. The molecule has 124 valence electrons. The first-order valence-corrected chi connectivity index (χ1v) is 7.72. The van der Waals surface area contributed by atoms with Crippen LogP contribution in [-0.2, 0) is 4.79 Å². The molecule has 0 atom stereocenters. The molecule has 0 saturated carbocycles. The lowest BCUT2D eigenvalue weighted by atomic mass is 10.1. The fraction of sp³-hybridized carbons (Fsp3) is 0.0476. The second kappa shape index (κ2) is 7.45. The van der Waals surface area contributed by atoms with E-state index in [9.17, 15) is 9.59 Å². The van der Waals surface area contributed by atoms with E-state index in [0.717, 1.165) is 5.56 Å². The molecule has 25 heavy (non-hydrogen) atoms. The van der Waals surface area contributed by atoms with Crippen molar-refractivity contribution in [3.8, 4) is 5.75 Å². The lowest BCUT2D eigenvalue weighted by Gasteiger charge is -2.01. The van der Waals surface area contributed by atoms with Gasteiger partial charge in [0.15, 0.2) is 11.2 Å². The average molecular weight is 332 g/mol. The minimum atomic E-state index is -0.210. The average Bonchev–Trinajstić information content (AvgIpc) is 2.66. The molecule has 0 aliphatic heterocycles. The summed E-state index contributed by atoms with van der Waals surface area (Å²) in [5, 5.41) is 0.440. The van der Waals surface area contributed by atoms with Gasteiger partial charge in [0.25, 0.3) is 0 Å². The zero-order valence-corrected chi connectivity index (χ0v) is 13.6. The monoisotopic (exact) mass is 332 g/mol. The Hall–Kier alpha value is -3.40. The Morgan fingerprint density at radius 2 is 1.80 bits per heavy atom. The molecule has 4 nitrogen and oxygen atoms in total. The fourth-order valence-corrected chi connectivity index (χ4v) is 2.34. The van der Waals surface area contributed by atoms with Crippen molar-refractivity contribution < 1.29 is 13.9 Å². The second-order valence-corrected chi connectivity index (χ2v) is 5.36. The first-order valence-electron chi connectivity index (χ1n) is 7.72. The molecule has 0 radical (unpaired) electrons. The number of methoxy groups -OCH3 is 1. The predicted octanol–water partition coefficient (Wildman–Crippen LogP) is 4.10. The molecule has 0 N–H and O–H groups in total. The van der Waals surface area contributed by atoms with E-state index in [1.54, 1.807) is 31.4 Å². The minimum Gasteiger partial charge on any atom is -0.497 e. The van der Waals surface area contributed by atoms with Crippen LogP contribution in [0.5, 0.6) is 5.75 Å². The summed E-state index contributed by atoms with van der Waals surface area (Å²) in [4.78, 5) is 24.4. The van der Waals surface area contributed by atoms with Crippen LogP contribution < -0.4 is 10.2 Å². The molecule has 2 aromatic carbocycles. The zero-order valence-electron chi connectivity index (χ0n) is 13.6. The van der Waals surface area contributed by atoms with Gasteiger partial charge < -0.3 is 9.15 Å². The van der Waals surface area contributed by atoms with E-state index >= 15 is 0 Å². The highest BCUT2D eigenvalue weighted by atomic mass is 16.5. The highest BCUT2D eigenvalue weighted by Gasteiger charge is 2.06. The van der Waals surface area contributed by atoms with Gasteiger partial charge in [-0.25, -0.2) is 0 Å². The van der Waals surface area contributed by atoms with Crippen LogP contribution in [-0.4, -0.2) is 12.9 Å². The third-order valence-electron chi connectivity index (χ3n) is 3.68. The molecule has 0 fully saturated rings. The maximum Gasteiger partial charge on any atom is 0.199 e. The molecule has 0 aliphatic rings. The van der Waals surface area contributed by atoms with Crippen LogP contribution in [0.2, 0.25) is 0 Å². The molecular weight excluding hydrogens is 316 g/mol. The number of ether oxygens (including phenoxy) is 1. The van der Waals surface area contributed by atoms with Crippen LogP contribution in [0.15, 0.2) is 76.2 Å². The molecule has 1 heterocycles. The van der Waals surface area contributed by atoms with Crippen molar-refractivity contribution in [3.63, 3.8) is 0 Å². The fourth-order valence-electron chi connectivity index (χ4n) is 2.34. The Balaban J connectivity index is 1.81. The van der Waals surface area contributed by atoms with Gasteiger partial charge in [0.1, 0.15) is 17.6 Å². The van der Waals surface area contributed by atoms with E-state index in [4.69, 9.17) is 9.15 Å². The van der Waals surface area contributed by atoms with Gasteiger partial charge in [-0.2, -0.15) is 0 Å². The van der Waals surface area contributed by atoms with Gasteiger partial charge in [-0.3, -0.25) is 9.59 Å². The number of ketones is 1. The lowest BCUT2D eigenvalue weighted by Crippen LogP contribution is -2.05. The van der Waals surface area contributed by atoms with Gasteiger partial charge in [0, 0.05) is 6.07 Å². The summed E-state index contributed by atoms with van der Waals surface area (Å²) in [5.74, 6) is 0.401. The number of rotatable bonds is 5. The molecule has 1 aromatic heterocycles. The van der Waals surface area contributed by atoms with Crippen molar-refractivity contribution in [2.75, 3.05) is 7.11 Å². The molecule has 0 aliphatic carbocycles. The van der Waals surface area contributed by atoms with Gasteiger partial charge in [0.05, 0.1) is 18.1 Å². The zero-order chi connectivity index (χ0) is 17.6. The van der Waals surface area contributed by atoms with Gasteiger partial charge in [0.2, 0.25) is 0 Å². The van der Waals surface area contributed by atoms with Crippen molar-refractivity contribution in [2.45, 2.75) is 0 Å². The van der Waals surface area contributed by atoms with Crippen LogP contribution in [0.3, 0.4) is 0 Å². The van der Waals surface area contributed by atoms with E-state index in [0.29, 0.717) is 22.3 Å². The van der Waals surface area contributed by atoms with Crippen LogP contribution in [0.25, 0.3) is 23.1 Å². The smallest absolute Gasteiger partial charge is 0.199 e. The highest BCUT2D eigenvalue weighted by Crippen LogP contribution is 2.19. The summed E-state index contributed by atoms with van der Waals surface area (Å²) in [6, 6.07) is 14.5. The number of hydrogen-bond donors (Lipinski definition) is 0. The van der Waals surface area contributed by atoms with Crippen molar-refractivity contribution in [1.29, 1.82) is 0 Å². The SMILES string of the molecule is COc1ccc2c(=O)c(/C=C/C(=O)/C=C/c3ccccc3)coc2c1. The number of benzene rings is 2. The molecule has 3 rings (SSSR count). The maximum absolute atomic E-state index is 12.4. The summed E-state index contributed by atoms with van der Waals surface area (Å²) in [6.45, 7) is 0. The first-order chi connectivity index (χ1) is 12.2. The Morgan fingerprint density at radius 3 is 2.56 bits per heavy atom. The Morgan fingerprint density at radius 1 is 1.04 bits per heavy atom. The quantitative estimate of drug-likeness (QED) is 0.660. The summed E-state index contributed by atoms with van der Waals surface area (Å²) < 4.78 is 10.6. The van der Waals surface area contributed by atoms with Gasteiger partial charge in [-0.15, -0.1) is 0 Å². The van der Waals surface area contributed by atoms with Crippen molar-refractivity contribution in [3.05, 3.63) is 88.3 Å². The summed E-state index contributed by atoms with van der Waals surface area (Å²) in [6.07, 6.45) is 7.34.